The van der Waals surface area contributed by atoms with Gasteiger partial charge in [-0.1, -0.05) is 48.5 Å². The van der Waals surface area contributed by atoms with Crippen molar-refractivity contribution in [2.45, 2.75) is 31.2 Å². The molecule has 1 aliphatic carbocycles. The number of carboxylic acid groups (broad SMARTS) is 1. The number of anilines is 1. The molecule has 0 spiro atoms. The fourth-order valence-electron chi connectivity index (χ4n) is 5.09. The summed E-state index contributed by atoms with van der Waals surface area (Å²) in [7, 11) is 1.58. The molecule has 2 aliphatic rings. The minimum absolute atomic E-state index is 0.0900. The van der Waals surface area contributed by atoms with Crippen LogP contribution in [0.25, 0.3) is 11.1 Å². The van der Waals surface area contributed by atoms with Crippen LogP contribution in [0.5, 0.6) is 0 Å². The second kappa shape index (κ2) is 9.25. The van der Waals surface area contributed by atoms with Crippen molar-refractivity contribution < 1.29 is 24.2 Å². The lowest BCUT2D eigenvalue weighted by atomic mass is 9.98. The summed E-state index contributed by atoms with van der Waals surface area (Å²) in [6, 6.07) is 15.2. The third-order valence-electron chi connectivity index (χ3n) is 6.77. The lowest BCUT2D eigenvalue weighted by Crippen LogP contribution is -2.48. The highest BCUT2D eigenvalue weighted by Crippen LogP contribution is 2.44. The second-order valence-corrected chi connectivity index (χ2v) is 8.83. The highest BCUT2D eigenvalue weighted by molar-refractivity contribution is 6.02. The molecule has 35 heavy (non-hydrogen) atoms. The van der Waals surface area contributed by atoms with E-state index in [9.17, 15) is 19.5 Å². The summed E-state index contributed by atoms with van der Waals surface area (Å²) >= 11 is 0. The monoisotopic (exact) mass is 474 g/mol. The van der Waals surface area contributed by atoms with Gasteiger partial charge in [-0.2, -0.15) is 5.10 Å². The maximum atomic E-state index is 13.3. The number of nitrogens with zero attached hydrogens (tertiary/aromatic N) is 3. The number of hydrogen-bond acceptors (Lipinski definition) is 5. The highest BCUT2D eigenvalue weighted by atomic mass is 16.5. The molecule has 1 saturated heterocycles. The van der Waals surface area contributed by atoms with E-state index in [1.807, 2.05) is 36.4 Å². The standard InChI is InChI=1S/C26H26N4O5/c1-29-23(24(31)30-13-7-6-12-22(30)25(32)33)21(14-27-29)28-26(34)35-15-20-18-10-4-2-8-16(18)17-9-3-5-11-19(17)20/h2-5,8-11,14,20,22H,6-7,12-13,15H2,1H3,(H,28,34)(H,32,33). The molecule has 1 aromatic heterocycles. The van der Waals surface area contributed by atoms with Crippen LogP contribution in [0.3, 0.4) is 0 Å². The molecule has 0 radical (unpaired) electrons. The Labute approximate surface area is 202 Å². The summed E-state index contributed by atoms with van der Waals surface area (Å²) < 4.78 is 6.93. The lowest BCUT2D eigenvalue weighted by molar-refractivity contribution is -0.143. The molecule has 2 aromatic carbocycles. The minimum Gasteiger partial charge on any atom is -0.480 e. The number of aromatic nitrogens is 2. The average Bonchev–Trinajstić information content (AvgIpc) is 3.39. The molecule has 0 bridgehead atoms. The Kier molecular flexibility index (Phi) is 5.98. The first-order chi connectivity index (χ1) is 17.0. The molecule has 5 rings (SSSR count). The first kappa shape index (κ1) is 22.6. The molecule has 0 saturated carbocycles. The van der Waals surface area contributed by atoms with Gasteiger partial charge in [0.2, 0.25) is 0 Å². The average molecular weight is 475 g/mol. The molecule has 180 valence electrons. The Morgan fingerprint density at radius 3 is 2.37 bits per heavy atom. The van der Waals surface area contributed by atoms with E-state index in [4.69, 9.17) is 4.74 Å². The first-order valence-electron chi connectivity index (χ1n) is 11.6. The van der Waals surface area contributed by atoms with Gasteiger partial charge < -0.3 is 14.7 Å². The summed E-state index contributed by atoms with van der Waals surface area (Å²) in [5, 5.41) is 16.3. The fraction of sp³-hybridized carbons (Fsp3) is 0.308. The molecule has 9 nitrogen and oxygen atoms in total. The topological polar surface area (TPSA) is 114 Å². The van der Waals surface area contributed by atoms with E-state index in [2.05, 4.69) is 22.5 Å². The van der Waals surface area contributed by atoms with Crippen molar-refractivity contribution in [3.05, 3.63) is 71.5 Å². The van der Waals surface area contributed by atoms with Crippen molar-refractivity contribution in [1.82, 2.24) is 14.7 Å². The Balaban J connectivity index is 1.31. The predicted molar refractivity (Wildman–Crippen MR) is 128 cm³/mol. The van der Waals surface area contributed by atoms with Gasteiger partial charge in [-0.15, -0.1) is 0 Å². The third kappa shape index (κ3) is 4.14. The summed E-state index contributed by atoms with van der Waals surface area (Å²) in [6.07, 6.45) is 2.53. The van der Waals surface area contributed by atoms with E-state index < -0.39 is 24.0 Å². The number of carboxylic acids is 1. The number of nitrogens with one attached hydrogen (secondary N) is 1. The van der Waals surface area contributed by atoms with Crippen molar-refractivity contribution in [3.8, 4) is 11.1 Å². The summed E-state index contributed by atoms with van der Waals surface area (Å²) in [5.74, 6) is -1.61. The first-order valence-corrected chi connectivity index (χ1v) is 11.6. The van der Waals surface area contributed by atoms with Gasteiger partial charge in [0.15, 0.2) is 0 Å². The van der Waals surface area contributed by atoms with E-state index in [1.54, 1.807) is 7.05 Å². The minimum atomic E-state index is -1.04. The van der Waals surface area contributed by atoms with Crippen LogP contribution in [0.1, 0.15) is 46.8 Å². The number of piperidine rings is 1. The normalized spacial score (nSPS) is 16.9. The number of amides is 2. The molecule has 1 fully saturated rings. The van der Waals surface area contributed by atoms with Gasteiger partial charge in [0.1, 0.15) is 18.3 Å². The van der Waals surface area contributed by atoms with E-state index in [0.717, 1.165) is 35.1 Å². The Morgan fingerprint density at radius 1 is 1.06 bits per heavy atom. The number of carbonyl (C=O) groups excluding carboxylic acids is 2. The quantitative estimate of drug-likeness (QED) is 0.581. The summed E-state index contributed by atoms with van der Waals surface area (Å²) in [5.41, 5.74) is 4.77. The molecule has 9 heteroatoms. The SMILES string of the molecule is Cn1ncc(NC(=O)OCC2c3ccccc3-c3ccccc32)c1C(=O)N1CCCCC1C(=O)O. The van der Waals surface area contributed by atoms with Crippen LogP contribution in [0.15, 0.2) is 54.7 Å². The molecular weight excluding hydrogens is 448 g/mol. The van der Waals surface area contributed by atoms with Crippen LogP contribution in [0.2, 0.25) is 0 Å². The maximum Gasteiger partial charge on any atom is 0.411 e. The van der Waals surface area contributed by atoms with Gasteiger partial charge in [-0.25, -0.2) is 9.59 Å². The van der Waals surface area contributed by atoms with E-state index in [-0.39, 0.29) is 23.9 Å². The largest absolute Gasteiger partial charge is 0.480 e. The van der Waals surface area contributed by atoms with Crippen LogP contribution in [0, 0.1) is 0 Å². The van der Waals surface area contributed by atoms with Crippen LogP contribution in [0.4, 0.5) is 10.5 Å². The molecule has 1 aliphatic heterocycles. The van der Waals surface area contributed by atoms with Crippen LogP contribution in [-0.2, 0) is 16.6 Å². The van der Waals surface area contributed by atoms with Gasteiger partial charge in [-0.3, -0.25) is 14.8 Å². The number of aryl methyl sites for hydroxylation is 1. The van der Waals surface area contributed by atoms with Gasteiger partial charge in [0.25, 0.3) is 5.91 Å². The Hall–Kier alpha value is -4.14. The smallest absolute Gasteiger partial charge is 0.411 e. The summed E-state index contributed by atoms with van der Waals surface area (Å²) in [4.78, 5) is 39.0. The van der Waals surface area contributed by atoms with Crippen molar-refractivity contribution in [1.29, 1.82) is 0 Å². The molecule has 2 N–H and O–H groups in total. The van der Waals surface area contributed by atoms with Gasteiger partial charge in [-0.05, 0) is 41.5 Å². The summed E-state index contributed by atoms with van der Waals surface area (Å²) in [6.45, 7) is 0.474. The van der Waals surface area contributed by atoms with Gasteiger partial charge >= 0.3 is 12.1 Å². The zero-order chi connectivity index (χ0) is 24.5. The van der Waals surface area contributed by atoms with Crippen molar-refractivity contribution in [2.75, 3.05) is 18.5 Å². The number of ether oxygens (including phenoxy) is 1. The Bertz CT molecular complexity index is 1250. The van der Waals surface area contributed by atoms with Crippen molar-refractivity contribution in [2.24, 2.45) is 7.05 Å². The van der Waals surface area contributed by atoms with Crippen molar-refractivity contribution >= 4 is 23.7 Å². The van der Waals surface area contributed by atoms with Crippen molar-refractivity contribution in [3.63, 3.8) is 0 Å². The molecule has 3 aromatic rings. The lowest BCUT2D eigenvalue weighted by Gasteiger charge is -2.33. The van der Waals surface area contributed by atoms with Crippen LogP contribution in [-0.4, -0.2) is 57.0 Å². The third-order valence-corrected chi connectivity index (χ3v) is 6.77. The molecule has 1 unspecified atom stereocenters. The fourth-order valence-corrected chi connectivity index (χ4v) is 5.09. The molecule has 1 atom stereocenters. The number of fused-ring (bicyclic) bond motifs is 3. The molecular formula is C26H26N4O5. The van der Waals surface area contributed by atoms with E-state index in [1.165, 1.54) is 15.8 Å². The Morgan fingerprint density at radius 2 is 1.71 bits per heavy atom. The van der Waals surface area contributed by atoms with Gasteiger partial charge in [0, 0.05) is 19.5 Å². The van der Waals surface area contributed by atoms with Crippen LogP contribution < -0.4 is 5.32 Å². The number of rotatable bonds is 5. The highest BCUT2D eigenvalue weighted by Gasteiger charge is 2.35. The number of hydrogen-bond donors (Lipinski definition) is 2. The van der Waals surface area contributed by atoms with E-state index in [0.29, 0.717) is 13.0 Å². The maximum absolute atomic E-state index is 13.3. The molecule has 2 amide bonds. The predicted octanol–water partition coefficient (Wildman–Crippen LogP) is 3.86. The zero-order valence-electron chi connectivity index (χ0n) is 19.3. The number of carbonyl (C=O) groups is 3. The number of benzene rings is 2. The molecule has 2 heterocycles. The number of aliphatic carboxylic acids is 1. The number of likely N-dealkylation sites (tertiary alicyclic amines) is 1. The zero-order valence-corrected chi connectivity index (χ0v) is 19.3. The van der Waals surface area contributed by atoms with Crippen LogP contribution >= 0.6 is 0 Å². The van der Waals surface area contributed by atoms with Gasteiger partial charge in [0.05, 0.1) is 11.9 Å². The van der Waals surface area contributed by atoms with E-state index >= 15 is 0 Å². The second-order valence-electron chi connectivity index (χ2n) is 8.83.